The molecule has 2 saturated heterocycles. The van der Waals surface area contributed by atoms with Gasteiger partial charge in [-0.25, -0.2) is 0 Å². The summed E-state index contributed by atoms with van der Waals surface area (Å²) in [6, 6.07) is 13.1. The molecule has 3 amide bonds. The second-order valence-corrected chi connectivity index (χ2v) is 16.4. The summed E-state index contributed by atoms with van der Waals surface area (Å²) in [6.07, 6.45) is 4.85. The number of fused-ring (bicyclic) bond motifs is 1. The molecular weight excluding hydrogens is 647 g/mol. The Morgan fingerprint density at radius 3 is 2.36 bits per heavy atom. The number of carbonyl (C=O) groups is 3. The molecule has 0 radical (unpaired) electrons. The van der Waals surface area contributed by atoms with Crippen molar-refractivity contribution < 1.29 is 37.5 Å². The van der Waals surface area contributed by atoms with Crippen LogP contribution >= 0.6 is 18.9 Å². The molecular formula is C34H42F2N3O6PS. The van der Waals surface area contributed by atoms with Crippen molar-refractivity contribution in [2.45, 2.75) is 83.0 Å². The maximum atomic E-state index is 14.4. The standard InChI is InChI=1S/C34H42F2N3O6PS/c1-33(2,3)29(37-30(40)28-20-24-19-25(15-16-27(24)47-28)34(35,36)46(43,44)45)32(42)39-18-9-5-8-14-26(39)31(41)38-17-10-13-23(21-38)22-11-6-4-7-12-22/h4,6-7,11-12,15-16,19-20,23,26,29H,5,8-10,13-14,17-18,21H2,1-3H3,(H,37,40)(H2,43,44,45)/t23-,26-,29+/m0/s1. The van der Waals surface area contributed by atoms with Crippen molar-refractivity contribution in [3.63, 3.8) is 0 Å². The fourth-order valence-electron chi connectivity index (χ4n) is 6.54. The fourth-order valence-corrected chi connectivity index (χ4v) is 7.96. The number of amides is 3. The van der Waals surface area contributed by atoms with E-state index in [4.69, 9.17) is 9.79 Å². The van der Waals surface area contributed by atoms with Gasteiger partial charge in [-0.3, -0.25) is 18.9 Å². The highest BCUT2D eigenvalue weighted by atomic mass is 32.1. The molecule has 0 aliphatic carbocycles. The van der Waals surface area contributed by atoms with E-state index in [1.807, 2.05) is 43.9 Å². The lowest BCUT2D eigenvalue weighted by molar-refractivity contribution is -0.149. The molecule has 3 heterocycles. The summed E-state index contributed by atoms with van der Waals surface area (Å²) >= 11 is 1.02. The number of benzene rings is 2. The maximum absolute atomic E-state index is 14.4. The van der Waals surface area contributed by atoms with Gasteiger partial charge in [0.15, 0.2) is 0 Å². The van der Waals surface area contributed by atoms with Gasteiger partial charge < -0.3 is 24.9 Å². The number of halogens is 2. The van der Waals surface area contributed by atoms with Crippen LogP contribution in [0.25, 0.3) is 10.1 Å². The van der Waals surface area contributed by atoms with Crippen LogP contribution in [-0.2, 0) is 19.8 Å². The summed E-state index contributed by atoms with van der Waals surface area (Å²) in [5, 5.41) is 3.09. The molecule has 47 heavy (non-hydrogen) atoms. The second-order valence-electron chi connectivity index (χ2n) is 13.7. The van der Waals surface area contributed by atoms with Gasteiger partial charge in [0.1, 0.15) is 12.1 Å². The lowest BCUT2D eigenvalue weighted by Gasteiger charge is -2.40. The molecule has 0 unspecified atom stereocenters. The number of likely N-dealkylation sites (tertiary alicyclic amines) is 2. The zero-order chi connectivity index (χ0) is 34.1. The van der Waals surface area contributed by atoms with Crippen molar-refractivity contribution in [1.82, 2.24) is 15.1 Å². The van der Waals surface area contributed by atoms with E-state index in [2.05, 4.69) is 17.4 Å². The normalized spacial score (nSPS) is 20.5. The third kappa shape index (κ3) is 7.61. The van der Waals surface area contributed by atoms with Gasteiger partial charge in [-0.15, -0.1) is 11.3 Å². The Balaban J connectivity index is 1.36. The number of alkyl halides is 2. The highest BCUT2D eigenvalue weighted by molar-refractivity contribution is 7.52. The summed E-state index contributed by atoms with van der Waals surface area (Å²) in [5.74, 6) is -0.757. The number of carbonyl (C=O) groups excluding carboxylic acids is 3. The van der Waals surface area contributed by atoms with Crippen molar-refractivity contribution in [1.29, 1.82) is 0 Å². The minimum absolute atomic E-state index is 0.0627. The van der Waals surface area contributed by atoms with Crippen LogP contribution < -0.4 is 5.32 Å². The summed E-state index contributed by atoms with van der Waals surface area (Å²) < 4.78 is 40.6. The molecule has 0 saturated carbocycles. The summed E-state index contributed by atoms with van der Waals surface area (Å²) in [7, 11) is -5.76. The molecule has 254 valence electrons. The Morgan fingerprint density at radius 1 is 0.957 bits per heavy atom. The largest absolute Gasteiger partial charge is 0.399 e. The number of hydrogen-bond acceptors (Lipinski definition) is 5. The van der Waals surface area contributed by atoms with E-state index in [1.54, 1.807) is 4.90 Å². The van der Waals surface area contributed by atoms with E-state index >= 15 is 0 Å². The summed E-state index contributed by atoms with van der Waals surface area (Å²) in [6.45, 7) is 7.12. The van der Waals surface area contributed by atoms with E-state index in [1.165, 1.54) is 17.7 Å². The predicted molar refractivity (Wildman–Crippen MR) is 177 cm³/mol. The van der Waals surface area contributed by atoms with E-state index in [9.17, 15) is 27.7 Å². The molecule has 13 heteroatoms. The number of nitrogens with zero attached hydrogens (tertiary/aromatic N) is 2. The van der Waals surface area contributed by atoms with Crippen molar-refractivity contribution >= 4 is 46.7 Å². The molecule has 5 rings (SSSR count). The third-order valence-electron chi connectivity index (χ3n) is 9.17. The zero-order valence-corrected chi connectivity index (χ0v) is 28.5. The highest BCUT2D eigenvalue weighted by Gasteiger charge is 2.50. The van der Waals surface area contributed by atoms with E-state index < -0.39 is 42.2 Å². The maximum Gasteiger partial charge on any atom is 0.399 e. The number of thiophene rings is 1. The van der Waals surface area contributed by atoms with Gasteiger partial charge in [0.25, 0.3) is 5.91 Å². The summed E-state index contributed by atoms with van der Waals surface area (Å²) in [4.78, 5) is 64.0. The smallest absolute Gasteiger partial charge is 0.340 e. The molecule has 9 nitrogen and oxygen atoms in total. The van der Waals surface area contributed by atoms with Crippen LogP contribution in [0.1, 0.15) is 86.0 Å². The first-order valence-electron chi connectivity index (χ1n) is 16.0. The van der Waals surface area contributed by atoms with Crippen LogP contribution in [-0.4, -0.2) is 69.0 Å². The van der Waals surface area contributed by atoms with Crippen molar-refractivity contribution in [2.75, 3.05) is 19.6 Å². The van der Waals surface area contributed by atoms with Gasteiger partial charge >= 0.3 is 13.3 Å². The first kappa shape index (κ1) is 35.1. The Labute approximate surface area is 277 Å². The van der Waals surface area contributed by atoms with E-state index in [0.717, 1.165) is 55.6 Å². The first-order valence-corrected chi connectivity index (χ1v) is 18.4. The van der Waals surface area contributed by atoms with Crippen LogP contribution in [0, 0.1) is 5.41 Å². The Kier molecular flexibility index (Phi) is 10.3. The lowest BCUT2D eigenvalue weighted by atomic mass is 9.85. The Morgan fingerprint density at radius 2 is 1.68 bits per heavy atom. The number of rotatable bonds is 7. The fraction of sp³-hybridized carbons (Fsp3) is 0.500. The number of hydrogen-bond donors (Lipinski definition) is 3. The minimum Gasteiger partial charge on any atom is -0.340 e. The Bertz CT molecular complexity index is 1670. The Hall–Kier alpha value is -3.18. The van der Waals surface area contributed by atoms with Gasteiger partial charge in [-0.05, 0) is 60.2 Å². The SMILES string of the molecule is CC(C)(C)[C@H](NC(=O)c1cc2cc(C(F)(F)P(=O)(O)O)ccc2s1)C(=O)N1CCCCC[C@H]1C(=O)N1CCC[C@H](c2ccccc2)C1. The number of nitrogens with one attached hydrogen (secondary N) is 1. The molecule has 2 aliphatic rings. The van der Waals surface area contributed by atoms with Crippen LogP contribution in [0.3, 0.4) is 0 Å². The molecule has 0 bridgehead atoms. The second kappa shape index (κ2) is 13.7. The molecule has 0 spiro atoms. The van der Waals surface area contributed by atoms with Crippen LogP contribution in [0.5, 0.6) is 0 Å². The quantitative estimate of drug-likeness (QED) is 0.245. The van der Waals surface area contributed by atoms with E-state index in [-0.39, 0.29) is 28.0 Å². The molecule has 2 fully saturated rings. The summed E-state index contributed by atoms with van der Waals surface area (Å²) in [5.41, 5.74) is -4.77. The molecule has 3 N–H and O–H groups in total. The topological polar surface area (TPSA) is 127 Å². The average molecular weight is 690 g/mol. The van der Waals surface area contributed by atoms with Gasteiger partial charge in [-0.2, -0.15) is 8.78 Å². The van der Waals surface area contributed by atoms with Crippen LogP contribution in [0.2, 0.25) is 0 Å². The van der Waals surface area contributed by atoms with Crippen molar-refractivity contribution in [2.24, 2.45) is 5.41 Å². The van der Waals surface area contributed by atoms with Gasteiger partial charge in [0.05, 0.1) is 4.88 Å². The monoisotopic (exact) mass is 689 g/mol. The van der Waals surface area contributed by atoms with Crippen molar-refractivity contribution in [3.05, 3.63) is 70.6 Å². The number of piperidine rings is 1. The average Bonchev–Trinajstić information content (AvgIpc) is 3.31. The lowest BCUT2D eigenvalue weighted by Crippen LogP contribution is -2.60. The van der Waals surface area contributed by atoms with Gasteiger partial charge in [0, 0.05) is 35.8 Å². The minimum atomic E-state index is -5.76. The molecule has 2 aliphatic heterocycles. The van der Waals surface area contributed by atoms with E-state index in [0.29, 0.717) is 30.8 Å². The van der Waals surface area contributed by atoms with Gasteiger partial charge in [-0.1, -0.05) is 70.0 Å². The molecule has 3 aromatic rings. The van der Waals surface area contributed by atoms with Crippen LogP contribution in [0.15, 0.2) is 54.6 Å². The van der Waals surface area contributed by atoms with Gasteiger partial charge in [0.2, 0.25) is 11.8 Å². The molecule has 2 aromatic carbocycles. The van der Waals surface area contributed by atoms with Crippen LogP contribution in [0.4, 0.5) is 8.78 Å². The molecule has 1 aromatic heterocycles. The third-order valence-corrected chi connectivity index (χ3v) is 11.3. The molecule has 3 atom stereocenters. The predicted octanol–water partition coefficient (Wildman–Crippen LogP) is 6.45. The van der Waals surface area contributed by atoms with Crippen molar-refractivity contribution in [3.8, 4) is 0 Å². The zero-order valence-electron chi connectivity index (χ0n) is 26.8. The highest BCUT2D eigenvalue weighted by Crippen LogP contribution is 2.59. The first-order chi connectivity index (χ1) is 22.1.